The van der Waals surface area contributed by atoms with E-state index in [9.17, 15) is 0 Å². The molecule has 0 saturated carbocycles. The molecule has 0 unspecified atom stereocenters. The first kappa shape index (κ1) is 30.8. The molecule has 0 radical (unpaired) electrons. The fraction of sp³-hybridized carbons (Fsp3) is 0. The summed E-state index contributed by atoms with van der Waals surface area (Å²) < 4.78 is 2.40. The molecule has 0 spiro atoms. The van der Waals surface area contributed by atoms with Crippen LogP contribution in [0.4, 0.5) is 5.69 Å². The maximum atomic E-state index is 7.29. The van der Waals surface area contributed by atoms with Gasteiger partial charge < -0.3 is 0 Å². The van der Waals surface area contributed by atoms with Gasteiger partial charge in [-0.15, -0.1) is 11.3 Å². The summed E-state index contributed by atoms with van der Waals surface area (Å²) in [6, 6.07) is 59.0. The number of nitrogens with zero attached hydrogens (tertiary/aromatic N) is 4. The lowest BCUT2D eigenvalue weighted by molar-refractivity contribution is 1.08. The van der Waals surface area contributed by atoms with Gasteiger partial charge >= 0.3 is 0 Å². The molecule has 8 aromatic carbocycles. The summed E-state index contributed by atoms with van der Waals surface area (Å²) in [6.07, 6.45) is 0. The molecule has 0 bridgehead atoms. The summed E-state index contributed by atoms with van der Waals surface area (Å²) in [5.74, 6) is 1.91. The molecule has 53 heavy (non-hydrogen) atoms. The van der Waals surface area contributed by atoms with Crippen LogP contribution in [0.5, 0.6) is 0 Å². The van der Waals surface area contributed by atoms with E-state index in [1.54, 1.807) is 11.3 Å². The summed E-state index contributed by atoms with van der Waals surface area (Å²) in [5, 5.41) is 6.89. The first-order valence-electron chi connectivity index (χ1n) is 17.5. The van der Waals surface area contributed by atoms with E-state index in [0.29, 0.717) is 23.2 Å². The molecule has 5 heteroatoms. The van der Waals surface area contributed by atoms with Crippen LogP contribution in [0.25, 0.3) is 103 Å². The van der Waals surface area contributed by atoms with Crippen molar-refractivity contribution in [1.82, 2.24) is 15.0 Å². The third-order valence-electron chi connectivity index (χ3n) is 9.96. The molecule has 0 aliphatic rings. The number of benzene rings is 8. The molecule has 0 fully saturated rings. The van der Waals surface area contributed by atoms with E-state index >= 15 is 0 Å². The molecule has 2 heterocycles. The first-order valence-corrected chi connectivity index (χ1v) is 18.3. The predicted octanol–water partition coefficient (Wildman–Crippen LogP) is 13.4. The van der Waals surface area contributed by atoms with E-state index in [2.05, 4.69) is 144 Å². The van der Waals surface area contributed by atoms with Crippen LogP contribution in [0.1, 0.15) is 0 Å². The number of hydrogen-bond acceptors (Lipinski definition) is 4. The van der Waals surface area contributed by atoms with Crippen LogP contribution in [0.3, 0.4) is 0 Å². The fourth-order valence-corrected chi connectivity index (χ4v) is 8.54. The second-order valence-corrected chi connectivity index (χ2v) is 14.1. The van der Waals surface area contributed by atoms with E-state index in [4.69, 9.17) is 21.5 Å². The highest BCUT2D eigenvalue weighted by molar-refractivity contribution is 7.26. The van der Waals surface area contributed by atoms with Gasteiger partial charge in [-0.05, 0) is 74.1 Å². The smallest absolute Gasteiger partial charge is 0.187 e. The summed E-state index contributed by atoms with van der Waals surface area (Å²) in [7, 11) is 0. The Morgan fingerprint density at radius 1 is 0.396 bits per heavy atom. The lowest BCUT2D eigenvalue weighted by Crippen LogP contribution is -2.01. The Kier molecular flexibility index (Phi) is 7.35. The zero-order chi connectivity index (χ0) is 35.3. The van der Waals surface area contributed by atoms with Crippen molar-refractivity contribution in [2.24, 2.45) is 0 Å². The lowest BCUT2D eigenvalue weighted by atomic mass is 9.94. The highest BCUT2D eigenvalue weighted by Crippen LogP contribution is 2.41. The van der Waals surface area contributed by atoms with Gasteiger partial charge in [-0.25, -0.2) is 19.8 Å². The zero-order valence-electron chi connectivity index (χ0n) is 28.4. The minimum atomic E-state index is 0.625. The highest BCUT2D eigenvalue weighted by atomic mass is 32.1. The van der Waals surface area contributed by atoms with Crippen LogP contribution in [0.15, 0.2) is 170 Å². The zero-order valence-corrected chi connectivity index (χ0v) is 29.2. The van der Waals surface area contributed by atoms with Crippen molar-refractivity contribution in [3.63, 3.8) is 0 Å². The molecular weight excluding hydrogens is 665 g/mol. The fourth-order valence-electron chi connectivity index (χ4n) is 7.33. The second kappa shape index (κ2) is 12.6. The Hall–Kier alpha value is -7.00. The number of fused-ring (bicyclic) bond motifs is 5. The highest BCUT2D eigenvalue weighted by Gasteiger charge is 2.19. The normalized spacial score (nSPS) is 11.4. The Labute approximate surface area is 310 Å². The molecule has 2 aromatic heterocycles. The van der Waals surface area contributed by atoms with Crippen molar-refractivity contribution in [3.8, 4) is 56.4 Å². The lowest BCUT2D eigenvalue weighted by Gasteiger charge is -2.13. The molecule has 4 nitrogen and oxygen atoms in total. The van der Waals surface area contributed by atoms with Gasteiger partial charge in [0, 0.05) is 36.9 Å². The quantitative estimate of drug-likeness (QED) is 0.169. The molecule has 0 amide bonds. The van der Waals surface area contributed by atoms with Gasteiger partial charge in [0.1, 0.15) is 0 Å². The van der Waals surface area contributed by atoms with Gasteiger partial charge in [-0.1, -0.05) is 140 Å². The molecule has 10 rings (SSSR count). The minimum absolute atomic E-state index is 0.625. The predicted molar refractivity (Wildman–Crippen MR) is 221 cm³/mol. The van der Waals surface area contributed by atoms with Crippen molar-refractivity contribution in [2.45, 2.75) is 0 Å². The van der Waals surface area contributed by atoms with Gasteiger partial charge in [0.05, 0.1) is 6.57 Å². The Morgan fingerprint density at radius 2 is 0.981 bits per heavy atom. The molecule has 10 aromatic rings. The van der Waals surface area contributed by atoms with Crippen molar-refractivity contribution in [3.05, 3.63) is 181 Å². The van der Waals surface area contributed by atoms with E-state index in [1.807, 2.05) is 30.3 Å². The van der Waals surface area contributed by atoms with E-state index in [-0.39, 0.29) is 0 Å². The average molecular weight is 693 g/mol. The molecule has 246 valence electrons. The standard InChI is InChI=1S/C48H28N4S/c1-49-36-24-22-30(23-25-36)32-18-19-34-29-35(21-20-33(34)28-32)46-50-47(42-27-26-37(31-10-3-2-4-11-31)38-12-5-6-13-39(38)42)52-48(51-46)43-16-9-15-41-40-14-7-8-17-44(40)53-45(41)43/h2-29H. The summed E-state index contributed by atoms with van der Waals surface area (Å²) in [6.45, 7) is 7.29. The van der Waals surface area contributed by atoms with Gasteiger partial charge in [0.25, 0.3) is 0 Å². The van der Waals surface area contributed by atoms with Gasteiger partial charge in [-0.2, -0.15) is 0 Å². The Balaban J connectivity index is 1.16. The maximum absolute atomic E-state index is 7.29. The SMILES string of the molecule is [C-]#[N+]c1ccc(-c2ccc3cc(-c4nc(-c5ccc(-c6ccccc6)c6ccccc56)nc(-c5cccc6c5sc5ccccc56)n4)ccc3c2)cc1. The van der Waals surface area contributed by atoms with E-state index < -0.39 is 0 Å². The minimum Gasteiger partial charge on any atom is -0.238 e. The number of rotatable bonds is 5. The largest absolute Gasteiger partial charge is 0.238 e. The van der Waals surface area contributed by atoms with Gasteiger partial charge in [0.2, 0.25) is 0 Å². The second-order valence-electron chi connectivity index (χ2n) is 13.1. The van der Waals surface area contributed by atoms with Crippen molar-refractivity contribution in [1.29, 1.82) is 0 Å². The van der Waals surface area contributed by atoms with Crippen LogP contribution >= 0.6 is 11.3 Å². The summed E-state index contributed by atoms with van der Waals surface area (Å²) in [4.78, 5) is 19.2. The van der Waals surface area contributed by atoms with Crippen molar-refractivity contribution < 1.29 is 0 Å². The van der Waals surface area contributed by atoms with Crippen LogP contribution in [-0.4, -0.2) is 15.0 Å². The number of thiophene rings is 1. The Bertz CT molecular complexity index is 3070. The first-order chi connectivity index (χ1) is 26.2. The molecule has 0 aliphatic carbocycles. The monoisotopic (exact) mass is 692 g/mol. The number of aromatic nitrogens is 3. The van der Waals surface area contributed by atoms with Crippen molar-refractivity contribution >= 4 is 58.7 Å². The molecule has 0 aliphatic heterocycles. The third kappa shape index (κ3) is 5.41. The summed E-state index contributed by atoms with van der Waals surface area (Å²) >= 11 is 1.78. The van der Waals surface area contributed by atoms with Crippen LogP contribution in [0.2, 0.25) is 0 Å². The Morgan fingerprint density at radius 3 is 1.75 bits per heavy atom. The van der Waals surface area contributed by atoms with E-state index in [0.717, 1.165) is 54.1 Å². The topological polar surface area (TPSA) is 43.0 Å². The molecule has 0 N–H and O–H groups in total. The van der Waals surface area contributed by atoms with Crippen LogP contribution in [-0.2, 0) is 0 Å². The van der Waals surface area contributed by atoms with Crippen LogP contribution in [0, 0.1) is 6.57 Å². The van der Waals surface area contributed by atoms with Crippen LogP contribution < -0.4 is 0 Å². The molecule has 0 saturated heterocycles. The third-order valence-corrected chi connectivity index (χ3v) is 11.2. The van der Waals surface area contributed by atoms with Crippen molar-refractivity contribution in [2.75, 3.05) is 0 Å². The average Bonchev–Trinajstić information content (AvgIpc) is 3.62. The van der Waals surface area contributed by atoms with Gasteiger partial charge in [-0.3, -0.25) is 0 Å². The van der Waals surface area contributed by atoms with E-state index in [1.165, 1.54) is 26.6 Å². The molecular formula is C48H28N4S. The number of hydrogen-bond donors (Lipinski definition) is 0. The molecule has 0 atom stereocenters. The summed E-state index contributed by atoms with van der Waals surface area (Å²) in [5.41, 5.74) is 8.04. The maximum Gasteiger partial charge on any atom is 0.187 e. The van der Waals surface area contributed by atoms with Gasteiger partial charge in [0.15, 0.2) is 23.2 Å².